The van der Waals surface area contributed by atoms with Crippen molar-refractivity contribution < 1.29 is 9.84 Å². The number of hydrogen-bond acceptors (Lipinski definition) is 3. The Morgan fingerprint density at radius 1 is 1.24 bits per heavy atom. The number of ether oxygens (including phenoxy) is 1. The number of methoxy groups -OCH3 is 1. The molecule has 0 atom stereocenters. The van der Waals surface area contributed by atoms with Crippen molar-refractivity contribution in [3.05, 3.63) is 59.7 Å². The lowest BCUT2D eigenvalue weighted by atomic mass is 10.2. The van der Waals surface area contributed by atoms with Crippen molar-refractivity contribution >= 4 is 11.6 Å². The van der Waals surface area contributed by atoms with E-state index in [9.17, 15) is 5.11 Å². The second-order valence-corrected chi connectivity index (χ2v) is 4.59. The maximum atomic E-state index is 9.40. The SMILES string of the molecule is COCc1ccccc1NC(N)=NCc1cccc(O)c1. The quantitative estimate of drug-likeness (QED) is 0.582. The van der Waals surface area contributed by atoms with Crippen molar-refractivity contribution in [1.82, 2.24) is 0 Å². The smallest absolute Gasteiger partial charge is 0.193 e. The Labute approximate surface area is 124 Å². The highest BCUT2D eigenvalue weighted by Gasteiger charge is 2.02. The average molecular weight is 285 g/mol. The van der Waals surface area contributed by atoms with Gasteiger partial charge in [0.1, 0.15) is 5.75 Å². The third-order valence-electron chi connectivity index (χ3n) is 2.92. The van der Waals surface area contributed by atoms with Crippen molar-refractivity contribution in [2.45, 2.75) is 13.2 Å². The van der Waals surface area contributed by atoms with E-state index in [4.69, 9.17) is 10.5 Å². The molecule has 0 amide bonds. The molecule has 5 nitrogen and oxygen atoms in total. The molecule has 0 radical (unpaired) electrons. The molecular formula is C16H19N3O2. The lowest BCUT2D eigenvalue weighted by Gasteiger charge is -2.10. The predicted molar refractivity (Wildman–Crippen MR) is 84.2 cm³/mol. The molecule has 0 aliphatic heterocycles. The Morgan fingerprint density at radius 2 is 2.05 bits per heavy atom. The van der Waals surface area contributed by atoms with E-state index < -0.39 is 0 Å². The van der Waals surface area contributed by atoms with Crippen LogP contribution in [0.15, 0.2) is 53.5 Å². The number of para-hydroxylation sites is 1. The fourth-order valence-corrected chi connectivity index (χ4v) is 1.93. The molecule has 0 heterocycles. The van der Waals surface area contributed by atoms with E-state index >= 15 is 0 Å². The first kappa shape index (κ1) is 14.9. The van der Waals surface area contributed by atoms with Crippen LogP contribution >= 0.6 is 0 Å². The van der Waals surface area contributed by atoms with Gasteiger partial charge in [-0.2, -0.15) is 0 Å². The maximum absolute atomic E-state index is 9.40. The van der Waals surface area contributed by atoms with Gasteiger partial charge in [-0.05, 0) is 23.8 Å². The summed E-state index contributed by atoms with van der Waals surface area (Å²) in [5, 5.41) is 12.5. The van der Waals surface area contributed by atoms with Gasteiger partial charge in [0.05, 0.1) is 13.2 Å². The lowest BCUT2D eigenvalue weighted by Crippen LogP contribution is -2.23. The van der Waals surface area contributed by atoms with Crippen LogP contribution in [0.4, 0.5) is 5.69 Å². The molecule has 0 saturated carbocycles. The Kier molecular flexibility index (Phi) is 5.17. The summed E-state index contributed by atoms with van der Waals surface area (Å²) in [6.07, 6.45) is 0. The van der Waals surface area contributed by atoms with Gasteiger partial charge in [0, 0.05) is 18.4 Å². The summed E-state index contributed by atoms with van der Waals surface area (Å²) in [7, 11) is 1.65. The molecule has 0 saturated heterocycles. The zero-order valence-electron chi connectivity index (χ0n) is 11.9. The van der Waals surface area contributed by atoms with Crippen LogP contribution in [0, 0.1) is 0 Å². The number of aliphatic imine (C=N–C) groups is 1. The van der Waals surface area contributed by atoms with Crippen LogP contribution in [0.1, 0.15) is 11.1 Å². The molecule has 5 heteroatoms. The third kappa shape index (κ3) is 4.50. The van der Waals surface area contributed by atoms with Crippen molar-refractivity contribution in [1.29, 1.82) is 0 Å². The predicted octanol–water partition coefficient (Wildman–Crippen LogP) is 2.47. The van der Waals surface area contributed by atoms with Crippen LogP contribution in [0.25, 0.3) is 0 Å². The highest BCUT2D eigenvalue weighted by Crippen LogP contribution is 2.16. The van der Waals surface area contributed by atoms with E-state index in [1.54, 1.807) is 25.3 Å². The normalized spacial score (nSPS) is 11.4. The molecule has 0 aromatic heterocycles. The number of phenolic OH excluding ortho intramolecular Hbond substituents is 1. The summed E-state index contributed by atoms with van der Waals surface area (Å²) < 4.78 is 5.14. The highest BCUT2D eigenvalue weighted by atomic mass is 16.5. The molecule has 0 aliphatic carbocycles. The topological polar surface area (TPSA) is 79.9 Å². The second-order valence-electron chi connectivity index (χ2n) is 4.59. The van der Waals surface area contributed by atoms with Gasteiger partial charge < -0.3 is 20.9 Å². The fraction of sp³-hybridized carbons (Fsp3) is 0.188. The molecule has 21 heavy (non-hydrogen) atoms. The molecule has 0 fully saturated rings. The number of anilines is 1. The Hall–Kier alpha value is -2.53. The summed E-state index contributed by atoms with van der Waals surface area (Å²) in [6.45, 7) is 0.905. The van der Waals surface area contributed by atoms with Crippen LogP contribution in [0.5, 0.6) is 5.75 Å². The first-order valence-corrected chi connectivity index (χ1v) is 6.60. The van der Waals surface area contributed by atoms with Crippen LogP contribution in [-0.2, 0) is 17.9 Å². The summed E-state index contributed by atoms with van der Waals surface area (Å²) in [5.74, 6) is 0.543. The van der Waals surface area contributed by atoms with Gasteiger partial charge in [0.2, 0.25) is 0 Å². The first-order chi connectivity index (χ1) is 10.2. The van der Waals surface area contributed by atoms with E-state index in [0.717, 1.165) is 16.8 Å². The Bertz CT molecular complexity index is 626. The number of nitrogens with zero attached hydrogens (tertiary/aromatic N) is 1. The zero-order chi connectivity index (χ0) is 15.1. The Morgan fingerprint density at radius 3 is 2.81 bits per heavy atom. The number of phenols is 1. The minimum Gasteiger partial charge on any atom is -0.508 e. The number of hydrogen-bond donors (Lipinski definition) is 3. The standard InChI is InChI=1S/C16H19N3O2/c1-21-11-13-6-2-3-8-15(13)19-16(17)18-10-12-5-4-7-14(20)9-12/h2-9,20H,10-11H2,1H3,(H3,17,18,19). The van der Waals surface area contributed by atoms with E-state index in [1.165, 1.54) is 0 Å². The molecule has 4 N–H and O–H groups in total. The lowest BCUT2D eigenvalue weighted by molar-refractivity contribution is 0.185. The largest absolute Gasteiger partial charge is 0.508 e. The van der Waals surface area contributed by atoms with E-state index in [0.29, 0.717) is 19.1 Å². The first-order valence-electron chi connectivity index (χ1n) is 6.60. The molecule has 0 aliphatic rings. The van der Waals surface area contributed by atoms with E-state index in [1.807, 2.05) is 30.3 Å². The van der Waals surface area contributed by atoms with Crippen LogP contribution in [-0.4, -0.2) is 18.2 Å². The molecule has 0 bridgehead atoms. The van der Waals surface area contributed by atoms with Crippen LogP contribution < -0.4 is 11.1 Å². The van der Waals surface area contributed by atoms with Gasteiger partial charge in [-0.1, -0.05) is 30.3 Å². The van der Waals surface area contributed by atoms with E-state index in [-0.39, 0.29) is 5.75 Å². The van der Waals surface area contributed by atoms with Crippen LogP contribution in [0.2, 0.25) is 0 Å². The minimum absolute atomic E-state index is 0.222. The molecule has 2 aromatic rings. The minimum atomic E-state index is 0.222. The zero-order valence-corrected chi connectivity index (χ0v) is 11.9. The van der Waals surface area contributed by atoms with Gasteiger partial charge in [0.25, 0.3) is 0 Å². The second kappa shape index (κ2) is 7.31. The molecule has 0 spiro atoms. The van der Waals surface area contributed by atoms with E-state index in [2.05, 4.69) is 10.3 Å². The molecule has 0 unspecified atom stereocenters. The van der Waals surface area contributed by atoms with Crippen molar-refractivity contribution in [3.8, 4) is 5.75 Å². The monoisotopic (exact) mass is 285 g/mol. The number of rotatable bonds is 5. The number of aromatic hydroxyl groups is 1. The van der Waals surface area contributed by atoms with Gasteiger partial charge >= 0.3 is 0 Å². The number of benzene rings is 2. The molecular weight excluding hydrogens is 266 g/mol. The van der Waals surface area contributed by atoms with Gasteiger partial charge in [-0.15, -0.1) is 0 Å². The third-order valence-corrected chi connectivity index (χ3v) is 2.92. The number of guanidine groups is 1. The summed E-state index contributed by atoms with van der Waals surface area (Å²) >= 11 is 0. The molecule has 2 rings (SSSR count). The fourth-order valence-electron chi connectivity index (χ4n) is 1.93. The van der Waals surface area contributed by atoms with Gasteiger partial charge in [0.15, 0.2) is 5.96 Å². The summed E-state index contributed by atoms with van der Waals surface area (Å²) in [4.78, 5) is 4.26. The highest BCUT2D eigenvalue weighted by molar-refractivity contribution is 5.92. The van der Waals surface area contributed by atoms with Gasteiger partial charge in [-0.3, -0.25) is 0 Å². The van der Waals surface area contributed by atoms with Crippen molar-refractivity contribution in [3.63, 3.8) is 0 Å². The average Bonchev–Trinajstić information content (AvgIpc) is 2.48. The van der Waals surface area contributed by atoms with Crippen molar-refractivity contribution in [2.75, 3.05) is 12.4 Å². The number of nitrogens with one attached hydrogen (secondary N) is 1. The van der Waals surface area contributed by atoms with Crippen molar-refractivity contribution in [2.24, 2.45) is 10.7 Å². The number of nitrogens with two attached hydrogens (primary N) is 1. The summed E-state index contributed by atoms with van der Waals surface area (Å²) in [6, 6.07) is 14.7. The molecule has 110 valence electrons. The summed E-state index contributed by atoms with van der Waals surface area (Å²) in [5.41, 5.74) is 8.67. The van der Waals surface area contributed by atoms with Crippen LogP contribution in [0.3, 0.4) is 0 Å². The Balaban J connectivity index is 2.04. The molecule has 2 aromatic carbocycles. The van der Waals surface area contributed by atoms with Gasteiger partial charge in [-0.25, -0.2) is 4.99 Å². The maximum Gasteiger partial charge on any atom is 0.193 e.